The summed E-state index contributed by atoms with van der Waals surface area (Å²) in [6.45, 7) is 2.35. The number of aromatic nitrogens is 1. The second kappa shape index (κ2) is 7.02. The highest BCUT2D eigenvalue weighted by molar-refractivity contribution is 7.13. The fourth-order valence-corrected chi connectivity index (χ4v) is 2.52. The van der Waals surface area contributed by atoms with Gasteiger partial charge in [0.25, 0.3) is 0 Å². The molecule has 2 amide bonds. The standard InChI is InChI=1S/C14H17N3O2S/c1-2-12-9-20-14(16-12)17-13(19)15-7-10-5-3-4-6-11(10)8-18/h3-6,9,18H,2,7-8H2,1H3,(H2,15,16,17,19). The molecule has 0 radical (unpaired) electrons. The first kappa shape index (κ1) is 14.5. The molecule has 2 rings (SSSR count). The topological polar surface area (TPSA) is 74.2 Å². The molecule has 0 saturated heterocycles. The summed E-state index contributed by atoms with van der Waals surface area (Å²) in [6.07, 6.45) is 0.851. The van der Waals surface area contributed by atoms with Crippen molar-refractivity contribution >= 4 is 22.5 Å². The summed E-state index contributed by atoms with van der Waals surface area (Å²) in [6, 6.07) is 7.15. The highest BCUT2D eigenvalue weighted by atomic mass is 32.1. The molecule has 0 bridgehead atoms. The van der Waals surface area contributed by atoms with Crippen molar-refractivity contribution in [1.29, 1.82) is 0 Å². The molecule has 20 heavy (non-hydrogen) atoms. The van der Waals surface area contributed by atoms with Gasteiger partial charge in [0.05, 0.1) is 12.3 Å². The quantitative estimate of drug-likeness (QED) is 0.792. The highest BCUT2D eigenvalue weighted by Gasteiger charge is 2.06. The van der Waals surface area contributed by atoms with E-state index in [9.17, 15) is 9.90 Å². The van der Waals surface area contributed by atoms with Crippen molar-refractivity contribution in [2.24, 2.45) is 0 Å². The second-order valence-electron chi connectivity index (χ2n) is 4.23. The van der Waals surface area contributed by atoms with Crippen molar-refractivity contribution in [1.82, 2.24) is 10.3 Å². The number of aliphatic hydroxyl groups is 1. The van der Waals surface area contributed by atoms with Crippen LogP contribution in [0.4, 0.5) is 9.93 Å². The average Bonchev–Trinajstić information content (AvgIpc) is 2.93. The number of anilines is 1. The molecule has 6 heteroatoms. The lowest BCUT2D eigenvalue weighted by atomic mass is 10.1. The van der Waals surface area contributed by atoms with Crippen molar-refractivity contribution < 1.29 is 9.90 Å². The van der Waals surface area contributed by atoms with Gasteiger partial charge < -0.3 is 10.4 Å². The predicted octanol–water partition coefficient (Wildman–Crippen LogP) is 2.52. The zero-order valence-corrected chi connectivity index (χ0v) is 12.0. The first-order chi connectivity index (χ1) is 9.72. The third-order valence-corrected chi connectivity index (χ3v) is 3.67. The minimum atomic E-state index is -0.297. The van der Waals surface area contributed by atoms with Crippen LogP contribution in [0.5, 0.6) is 0 Å². The lowest BCUT2D eigenvalue weighted by Gasteiger charge is -2.08. The van der Waals surface area contributed by atoms with Crippen molar-refractivity contribution in [3.63, 3.8) is 0 Å². The van der Waals surface area contributed by atoms with E-state index in [1.54, 1.807) is 0 Å². The molecule has 0 aliphatic carbocycles. The van der Waals surface area contributed by atoms with E-state index in [-0.39, 0.29) is 12.6 Å². The predicted molar refractivity (Wildman–Crippen MR) is 79.7 cm³/mol. The van der Waals surface area contributed by atoms with Crippen molar-refractivity contribution in [2.45, 2.75) is 26.5 Å². The molecule has 0 atom stereocenters. The molecule has 2 aromatic rings. The van der Waals surface area contributed by atoms with Gasteiger partial charge in [-0.1, -0.05) is 31.2 Å². The van der Waals surface area contributed by atoms with Gasteiger partial charge in [-0.2, -0.15) is 0 Å². The Morgan fingerprint density at radius 3 is 2.75 bits per heavy atom. The van der Waals surface area contributed by atoms with Crippen LogP contribution in [0, 0.1) is 0 Å². The van der Waals surface area contributed by atoms with Crippen LogP contribution >= 0.6 is 11.3 Å². The summed E-state index contributed by atoms with van der Waals surface area (Å²) in [5.74, 6) is 0. The van der Waals surface area contributed by atoms with E-state index in [4.69, 9.17) is 0 Å². The first-order valence-corrected chi connectivity index (χ1v) is 7.27. The summed E-state index contributed by atoms with van der Waals surface area (Å²) in [7, 11) is 0. The van der Waals surface area contributed by atoms with Crippen molar-refractivity contribution in [3.8, 4) is 0 Å². The van der Waals surface area contributed by atoms with Gasteiger partial charge in [0, 0.05) is 11.9 Å². The van der Waals surface area contributed by atoms with Crippen LogP contribution in [0.3, 0.4) is 0 Å². The maximum absolute atomic E-state index is 11.8. The van der Waals surface area contributed by atoms with Gasteiger partial charge in [-0.15, -0.1) is 11.3 Å². The zero-order valence-electron chi connectivity index (χ0n) is 11.2. The average molecular weight is 291 g/mol. The number of thiazole rings is 1. The molecule has 3 N–H and O–H groups in total. The number of aryl methyl sites for hydroxylation is 1. The SMILES string of the molecule is CCc1csc(NC(=O)NCc2ccccc2CO)n1. The normalized spacial score (nSPS) is 10.3. The van der Waals surface area contributed by atoms with Gasteiger partial charge in [-0.3, -0.25) is 5.32 Å². The van der Waals surface area contributed by atoms with Crippen LogP contribution in [0.15, 0.2) is 29.6 Å². The smallest absolute Gasteiger partial charge is 0.321 e. The Morgan fingerprint density at radius 1 is 1.35 bits per heavy atom. The van der Waals surface area contributed by atoms with E-state index in [1.165, 1.54) is 11.3 Å². The number of carbonyl (C=O) groups is 1. The number of urea groups is 1. The van der Waals surface area contributed by atoms with E-state index >= 15 is 0 Å². The summed E-state index contributed by atoms with van der Waals surface area (Å²) < 4.78 is 0. The Kier molecular flexibility index (Phi) is 5.09. The summed E-state index contributed by atoms with van der Waals surface area (Å²) >= 11 is 1.41. The number of aliphatic hydroxyl groups excluding tert-OH is 1. The largest absolute Gasteiger partial charge is 0.392 e. The fraction of sp³-hybridized carbons (Fsp3) is 0.286. The van der Waals surface area contributed by atoms with Gasteiger partial charge in [-0.05, 0) is 17.5 Å². The van der Waals surface area contributed by atoms with Crippen LogP contribution < -0.4 is 10.6 Å². The molecule has 106 valence electrons. The lowest BCUT2D eigenvalue weighted by Crippen LogP contribution is -2.28. The van der Waals surface area contributed by atoms with E-state index in [0.29, 0.717) is 11.7 Å². The Bertz CT molecular complexity index is 583. The van der Waals surface area contributed by atoms with Gasteiger partial charge in [-0.25, -0.2) is 9.78 Å². The van der Waals surface area contributed by atoms with E-state index in [2.05, 4.69) is 15.6 Å². The number of nitrogens with zero attached hydrogens (tertiary/aromatic N) is 1. The monoisotopic (exact) mass is 291 g/mol. The van der Waals surface area contributed by atoms with Gasteiger partial charge in [0.15, 0.2) is 5.13 Å². The molecular weight excluding hydrogens is 274 g/mol. The molecule has 0 spiro atoms. The molecule has 0 unspecified atom stereocenters. The third-order valence-electron chi connectivity index (χ3n) is 2.86. The van der Waals surface area contributed by atoms with Gasteiger partial charge >= 0.3 is 6.03 Å². The van der Waals surface area contributed by atoms with Gasteiger partial charge in [0.2, 0.25) is 0 Å². The van der Waals surface area contributed by atoms with Crippen molar-refractivity contribution in [3.05, 3.63) is 46.5 Å². The molecule has 0 aliphatic heterocycles. The number of hydrogen-bond donors (Lipinski definition) is 3. The molecular formula is C14H17N3O2S. The van der Waals surface area contributed by atoms with E-state index < -0.39 is 0 Å². The Hall–Kier alpha value is -1.92. The van der Waals surface area contributed by atoms with E-state index in [1.807, 2.05) is 36.6 Å². The van der Waals surface area contributed by atoms with Crippen LogP contribution in [-0.2, 0) is 19.6 Å². The number of carbonyl (C=O) groups excluding carboxylic acids is 1. The summed E-state index contributed by atoms with van der Waals surface area (Å²) in [5, 5.41) is 17.2. The molecule has 0 fully saturated rings. The minimum absolute atomic E-state index is 0.0359. The second-order valence-corrected chi connectivity index (χ2v) is 5.09. The maximum atomic E-state index is 11.8. The molecule has 0 saturated carbocycles. The number of benzene rings is 1. The molecule has 5 nitrogen and oxygen atoms in total. The summed E-state index contributed by atoms with van der Waals surface area (Å²) in [5.41, 5.74) is 2.68. The lowest BCUT2D eigenvalue weighted by molar-refractivity contribution is 0.251. The van der Waals surface area contributed by atoms with Crippen LogP contribution in [-0.4, -0.2) is 16.1 Å². The number of nitrogens with one attached hydrogen (secondary N) is 2. The summed E-state index contributed by atoms with van der Waals surface area (Å²) in [4.78, 5) is 16.0. The maximum Gasteiger partial charge on any atom is 0.321 e. The highest BCUT2D eigenvalue weighted by Crippen LogP contribution is 2.15. The molecule has 1 aromatic heterocycles. The van der Waals surface area contributed by atoms with Crippen LogP contribution in [0.2, 0.25) is 0 Å². The third kappa shape index (κ3) is 3.79. The first-order valence-electron chi connectivity index (χ1n) is 6.39. The Labute approximate surface area is 121 Å². The van der Waals surface area contributed by atoms with Crippen LogP contribution in [0.1, 0.15) is 23.7 Å². The Morgan fingerprint density at radius 2 is 2.10 bits per heavy atom. The number of rotatable bonds is 5. The van der Waals surface area contributed by atoms with E-state index in [0.717, 1.165) is 23.2 Å². The van der Waals surface area contributed by atoms with Crippen molar-refractivity contribution in [2.75, 3.05) is 5.32 Å². The molecule has 0 aliphatic rings. The number of hydrogen-bond acceptors (Lipinski definition) is 4. The number of amides is 2. The zero-order chi connectivity index (χ0) is 14.4. The van der Waals surface area contributed by atoms with Crippen LogP contribution in [0.25, 0.3) is 0 Å². The van der Waals surface area contributed by atoms with Gasteiger partial charge in [0.1, 0.15) is 0 Å². The Balaban J connectivity index is 1.88. The minimum Gasteiger partial charge on any atom is -0.392 e. The molecule has 1 heterocycles. The molecule has 1 aromatic carbocycles. The fourth-order valence-electron chi connectivity index (χ4n) is 1.73.